The van der Waals surface area contributed by atoms with Gasteiger partial charge in [-0.2, -0.15) is 0 Å². The van der Waals surface area contributed by atoms with Crippen LogP contribution < -0.4 is 18.9 Å². The highest BCUT2D eigenvalue weighted by Gasteiger charge is 2.26. The molecule has 150 valence electrons. The van der Waals surface area contributed by atoms with Crippen LogP contribution in [0.15, 0.2) is 66.7 Å². The zero-order valence-electron chi connectivity index (χ0n) is 17.0. The standard InChI is InChI=1S/C24H24O5/c1-26-19-10-17(11-20(14-19)27-2)23(24(25)16-8-6-5-7-9-16)18-12-21(28-3)15-22(13-18)29-4/h5-15,23H,1-4H3. The quantitative estimate of drug-likeness (QED) is 0.519. The minimum Gasteiger partial charge on any atom is -0.497 e. The number of ketones is 1. The molecule has 0 bridgehead atoms. The number of ether oxygens (including phenoxy) is 4. The first-order valence-corrected chi connectivity index (χ1v) is 9.14. The number of hydrogen-bond donors (Lipinski definition) is 0. The van der Waals surface area contributed by atoms with Gasteiger partial charge in [-0.15, -0.1) is 0 Å². The Kier molecular flexibility index (Phi) is 6.39. The molecule has 3 rings (SSSR count). The Morgan fingerprint density at radius 1 is 0.621 bits per heavy atom. The van der Waals surface area contributed by atoms with Crippen LogP contribution in [0.4, 0.5) is 0 Å². The Balaban J connectivity index is 2.22. The van der Waals surface area contributed by atoms with Crippen LogP contribution in [0.3, 0.4) is 0 Å². The maximum atomic E-state index is 13.6. The van der Waals surface area contributed by atoms with Crippen molar-refractivity contribution in [3.63, 3.8) is 0 Å². The summed E-state index contributed by atoms with van der Waals surface area (Å²) in [5.41, 5.74) is 2.12. The molecule has 0 unspecified atom stereocenters. The summed E-state index contributed by atoms with van der Waals surface area (Å²) >= 11 is 0. The van der Waals surface area contributed by atoms with E-state index in [1.54, 1.807) is 40.6 Å². The second-order valence-corrected chi connectivity index (χ2v) is 6.46. The molecule has 5 heteroatoms. The summed E-state index contributed by atoms with van der Waals surface area (Å²) in [6, 6.07) is 20.1. The third-order valence-electron chi connectivity index (χ3n) is 4.73. The van der Waals surface area contributed by atoms with Gasteiger partial charge in [-0.25, -0.2) is 0 Å². The molecule has 0 aliphatic carbocycles. The lowest BCUT2D eigenvalue weighted by Crippen LogP contribution is -2.15. The summed E-state index contributed by atoms with van der Waals surface area (Å²) in [7, 11) is 6.34. The predicted molar refractivity (Wildman–Crippen MR) is 112 cm³/mol. The van der Waals surface area contributed by atoms with Crippen molar-refractivity contribution in [3.05, 3.63) is 83.4 Å². The van der Waals surface area contributed by atoms with Crippen LogP contribution >= 0.6 is 0 Å². The number of carbonyl (C=O) groups is 1. The van der Waals surface area contributed by atoms with Crippen LogP contribution in [-0.4, -0.2) is 34.2 Å². The molecule has 0 heterocycles. The number of Topliss-reactive ketones (excluding diaryl/α,β-unsaturated/α-hetero) is 1. The van der Waals surface area contributed by atoms with Crippen LogP contribution in [0.25, 0.3) is 0 Å². The van der Waals surface area contributed by atoms with Crippen LogP contribution in [-0.2, 0) is 0 Å². The molecule has 0 aliphatic rings. The second-order valence-electron chi connectivity index (χ2n) is 6.46. The lowest BCUT2D eigenvalue weighted by molar-refractivity contribution is 0.0973. The molecule has 0 saturated heterocycles. The molecule has 0 N–H and O–H groups in total. The topological polar surface area (TPSA) is 54.0 Å². The molecule has 5 nitrogen and oxygen atoms in total. The molecule has 0 spiro atoms. The van der Waals surface area contributed by atoms with Crippen molar-refractivity contribution in [3.8, 4) is 23.0 Å². The van der Waals surface area contributed by atoms with E-state index in [4.69, 9.17) is 18.9 Å². The van der Waals surface area contributed by atoms with E-state index in [1.165, 1.54) is 0 Å². The fourth-order valence-electron chi connectivity index (χ4n) is 3.26. The van der Waals surface area contributed by atoms with Gasteiger partial charge in [0.1, 0.15) is 23.0 Å². The molecular formula is C24H24O5. The van der Waals surface area contributed by atoms with Gasteiger partial charge in [0.2, 0.25) is 0 Å². The van der Waals surface area contributed by atoms with Gasteiger partial charge < -0.3 is 18.9 Å². The molecule has 0 aliphatic heterocycles. The zero-order chi connectivity index (χ0) is 20.8. The molecule has 29 heavy (non-hydrogen) atoms. The second kappa shape index (κ2) is 9.15. The lowest BCUT2D eigenvalue weighted by Gasteiger charge is -2.20. The summed E-state index contributed by atoms with van der Waals surface area (Å²) in [4.78, 5) is 13.6. The maximum absolute atomic E-state index is 13.6. The summed E-state index contributed by atoms with van der Waals surface area (Å²) in [6.45, 7) is 0. The van der Waals surface area contributed by atoms with Crippen molar-refractivity contribution in [2.24, 2.45) is 0 Å². The third kappa shape index (κ3) is 4.51. The van der Waals surface area contributed by atoms with Gasteiger partial charge in [-0.05, 0) is 35.4 Å². The van der Waals surface area contributed by atoms with Crippen molar-refractivity contribution < 1.29 is 23.7 Å². The van der Waals surface area contributed by atoms with Crippen molar-refractivity contribution in [1.29, 1.82) is 0 Å². The van der Waals surface area contributed by atoms with Crippen LogP contribution in [0.1, 0.15) is 27.4 Å². The zero-order valence-corrected chi connectivity index (χ0v) is 17.0. The fourth-order valence-corrected chi connectivity index (χ4v) is 3.26. The van der Waals surface area contributed by atoms with E-state index >= 15 is 0 Å². The SMILES string of the molecule is COc1cc(OC)cc(C(C(=O)c2ccccc2)c2cc(OC)cc(OC)c2)c1. The monoisotopic (exact) mass is 392 g/mol. The molecule has 3 aromatic rings. The van der Waals surface area contributed by atoms with E-state index < -0.39 is 5.92 Å². The number of benzene rings is 3. The molecule has 0 amide bonds. The number of carbonyl (C=O) groups excluding carboxylic acids is 1. The van der Waals surface area contributed by atoms with E-state index in [1.807, 2.05) is 54.6 Å². The van der Waals surface area contributed by atoms with E-state index in [0.717, 1.165) is 11.1 Å². The summed E-state index contributed by atoms with van der Waals surface area (Å²) in [6.07, 6.45) is 0. The lowest BCUT2D eigenvalue weighted by atomic mass is 9.84. The van der Waals surface area contributed by atoms with Gasteiger partial charge in [0.15, 0.2) is 5.78 Å². The maximum Gasteiger partial charge on any atom is 0.174 e. The average Bonchev–Trinajstić information content (AvgIpc) is 2.79. The van der Waals surface area contributed by atoms with Gasteiger partial charge in [0.25, 0.3) is 0 Å². The third-order valence-corrected chi connectivity index (χ3v) is 4.73. The first-order chi connectivity index (χ1) is 14.1. The molecule has 0 radical (unpaired) electrons. The van der Waals surface area contributed by atoms with Crippen LogP contribution in [0.2, 0.25) is 0 Å². The molecular weight excluding hydrogens is 368 g/mol. The van der Waals surface area contributed by atoms with Gasteiger partial charge in [-0.3, -0.25) is 4.79 Å². The van der Waals surface area contributed by atoms with Gasteiger partial charge in [0.05, 0.1) is 34.4 Å². The van der Waals surface area contributed by atoms with Crippen molar-refractivity contribution in [2.75, 3.05) is 28.4 Å². The van der Waals surface area contributed by atoms with E-state index in [9.17, 15) is 4.79 Å². The highest BCUT2D eigenvalue weighted by Crippen LogP contribution is 2.37. The van der Waals surface area contributed by atoms with E-state index in [-0.39, 0.29) is 5.78 Å². The minimum atomic E-state index is -0.592. The van der Waals surface area contributed by atoms with Crippen molar-refractivity contribution in [2.45, 2.75) is 5.92 Å². The molecule has 0 atom stereocenters. The highest BCUT2D eigenvalue weighted by molar-refractivity contribution is 6.03. The average molecular weight is 392 g/mol. The normalized spacial score (nSPS) is 10.5. The molecule has 3 aromatic carbocycles. The Bertz CT molecular complexity index is 882. The van der Waals surface area contributed by atoms with E-state index in [2.05, 4.69) is 0 Å². The summed E-state index contributed by atoms with van der Waals surface area (Å²) in [5, 5.41) is 0. The number of hydrogen-bond acceptors (Lipinski definition) is 5. The molecule has 0 fully saturated rings. The van der Waals surface area contributed by atoms with Crippen LogP contribution in [0.5, 0.6) is 23.0 Å². The Morgan fingerprint density at radius 3 is 1.34 bits per heavy atom. The Labute approximate surface area is 170 Å². The predicted octanol–water partition coefficient (Wildman–Crippen LogP) is 4.74. The molecule has 0 aromatic heterocycles. The van der Waals surface area contributed by atoms with Crippen molar-refractivity contribution in [1.82, 2.24) is 0 Å². The Morgan fingerprint density at radius 2 is 1.00 bits per heavy atom. The summed E-state index contributed by atoms with van der Waals surface area (Å²) < 4.78 is 21.7. The van der Waals surface area contributed by atoms with Gasteiger partial charge >= 0.3 is 0 Å². The first-order valence-electron chi connectivity index (χ1n) is 9.14. The Hall–Kier alpha value is -3.47. The summed E-state index contributed by atoms with van der Waals surface area (Å²) in [5.74, 6) is 1.81. The fraction of sp³-hybridized carbons (Fsp3) is 0.208. The van der Waals surface area contributed by atoms with Gasteiger partial charge in [-0.1, -0.05) is 30.3 Å². The molecule has 0 saturated carbocycles. The first kappa shape index (κ1) is 20.3. The van der Waals surface area contributed by atoms with Crippen molar-refractivity contribution >= 4 is 5.78 Å². The van der Waals surface area contributed by atoms with Gasteiger partial charge in [0, 0.05) is 17.7 Å². The minimum absolute atomic E-state index is 0.0452. The van der Waals surface area contributed by atoms with E-state index in [0.29, 0.717) is 28.6 Å². The smallest absolute Gasteiger partial charge is 0.174 e. The number of methoxy groups -OCH3 is 4. The largest absolute Gasteiger partial charge is 0.497 e. The number of rotatable bonds is 8. The highest BCUT2D eigenvalue weighted by atomic mass is 16.5. The van der Waals surface area contributed by atoms with Crippen LogP contribution in [0, 0.1) is 0 Å².